The van der Waals surface area contributed by atoms with E-state index in [1.807, 2.05) is 4.90 Å². The van der Waals surface area contributed by atoms with Crippen molar-refractivity contribution in [1.29, 1.82) is 0 Å². The van der Waals surface area contributed by atoms with Crippen molar-refractivity contribution in [3.8, 4) is 0 Å². The second-order valence-corrected chi connectivity index (χ2v) is 6.06. The topological polar surface area (TPSA) is 58.4 Å². The molecule has 20 heavy (non-hydrogen) atoms. The van der Waals surface area contributed by atoms with Crippen molar-refractivity contribution in [3.63, 3.8) is 0 Å². The predicted octanol–water partition coefficient (Wildman–Crippen LogP) is 1.89. The molecule has 4 nitrogen and oxygen atoms in total. The molecule has 4 heteroatoms. The molecule has 0 atom stereocenters. The summed E-state index contributed by atoms with van der Waals surface area (Å²) in [7, 11) is 0. The van der Waals surface area contributed by atoms with Gasteiger partial charge in [-0.3, -0.25) is 4.79 Å². The largest absolute Gasteiger partial charge is 0.368 e. The molecule has 0 spiro atoms. The molecule has 2 rings (SSSR count). The van der Waals surface area contributed by atoms with Crippen LogP contribution in [-0.4, -0.2) is 25.0 Å². The van der Waals surface area contributed by atoms with Gasteiger partial charge in [-0.15, -0.1) is 0 Å². The third-order valence-electron chi connectivity index (χ3n) is 3.41. The summed E-state index contributed by atoms with van der Waals surface area (Å²) < 4.78 is 0. The van der Waals surface area contributed by atoms with E-state index in [2.05, 4.69) is 43.4 Å². The number of carbonyl (C=O) groups excluding carboxylic acids is 1. The number of amides is 1. The number of hydrogen-bond acceptors (Lipinski definition) is 3. The first-order chi connectivity index (χ1) is 9.54. The molecule has 0 heterocycles. The maximum absolute atomic E-state index is 11.2. The zero-order valence-corrected chi connectivity index (χ0v) is 12.4. The van der Waals surface area contributed by atoms with Crippen LogP contribution in [0, 0.1) is 5.92 Å². The first-order valence-electron chi connectivity index (χ1n) is 7.40. The quantitative estimate of drug-likeness (QED) is 0.761. The van der Waals surface area contributed by atoms with Crippen LogP contribution in [0.5, 0.6) is 0 Å². The van der Waals surface area contributed by atoms with Crippen LogP contribution in [0.1, 0.15) is 32.3 Å². The van der Waals surface area contributed by atoms with Crippen LogP contribution in [-0.2, 0) is 11.3 Å². The Bertz CT molecular complexity index is 438. The Morgan fingerprint density at radius 2 is 2.00 bits per heavy atom. The standard InChI is InChI=1S/C16H25N3O/c1-12(2)10-19(11-16(17)20)15-7-3-13(4-8-15)9-18-14-5-6-14/h3-4,7-8,12,14,18H,5-6,9-11H2,1-2H3,(H2,17,20). The maximum atomic E-state index is 11.2. The fourth-order valence-corrected chi connectivity index (χ4v) is 2.26. The second-order valence-electron chi connectivity index (χ2n) is 6.06. The van der Waals surface area contributed by atoms with Gasteiger partial charge in [-0.2, -0.15) is 0 Å². The van der Waals surface area contributed by atoms with Crippen molar-refractivity contribution in [2.75, 3.05) is 18.0 Å². The molecule has 3 N–H and O–H groups in total. The Morgan fingerprint density at radius 3 is 2.50 bits per heavy atom. The molecular formula is C16H25N3O. The van der Waals surface area contributed by atoms with Gasteiger partial charge in [0.1, 0.15) is 0 Å². The lowest BCUT2D eigenvalue weighted by molar-refractivity contribution is -0.116. The highest BCUT2D eigenvalue weighted by atomic mass is 16.1. The zero-order valence-electron chi connectivity index (χ0n) is 12.4. The Labute approximate surface area is 121 Å². The van der Waals surface area contributed by atoms with Gasteiger partial charge in [-0.05, 0) is 36.5 Å². The Hall–Kier alpha value is -1.55. The first kappa shape index (κ1) is 14.9. The number of anilines is 1. The molecule has 0 radical (unpaired) electrons. The monoisotopic (exact) mass is 275 g/mol. The van der Waals surface area contributed by atoms with Gasteiger partial charge in [0.25, 0.3) is 0 Å². The highest BCUT2D eigenvalue weighted by Gasteiger charge is 2.19. The lowest BCUT2D eigenvalue weighted by Crippen LogP contribution is -2.36. The lowest BCUT2D eigenvalue weighted by atomic mass is 10.1. The maximum Gasteiger partial charge on any atom is 0.236 e. The summed E-state index contributed by atoms with van der Waals surface area (Å²) in [5.74, 6) is 0.204. The minimum atomic E-state index is -0.287. The molecule has 0 saturated heterocycles. The van der Waals surface area contributed by atoms with Crippen LogP contribution in [0.25, 0.3) is 0 Å². The van der Waals surface area contributed by atoms with Crippen LogP contribution in [0.2, 0.25) is 0 Å². The van der Waals surface area contributed by atoms with Gasteiger partial charge in [0.15, 0.2) is 0 Å². The van der Waals surface area contributed by atoms with Gasteiger partial charge in [0.05, 0.1) is 6.54 Å². The van der Waals surface area contributed by atoms with Gasteiger partial charge in [0, 0.05) is 24.8 Å². The molecule has 0 unspecified atom stereocenters. The molecule has 110 valence electrons. The summed E-state index contributed by atoms with van der Waals surface area (Å²) in [6, 6.07) is 9.13. The van der Waals surface area contributed by atoms with Crippen molar-refractivity contribution in [1.82, 2.24) is 5.32 Å². The van der Waals surface area contributed by atoms with Crippen molar-refractivity contribution in [3.05, 3.63) is 29.8 Å². The highest BCUT2D eigenvalue weighted by Crippen LogP contribution is 2.20. The number of nitrogens with zero attached hydrogens (tertiary/aromatic N) is 1. The Balaban J connectivity index is 1.97. The first-order valence-corrected chi connectivity index (χ1v) is 7.40. The fourth-order valence-electron chi connectivity index (χ4n) is 2.26. The minimum absolute atomic E-state index is 0.276. The van der Waals surface area contributed by atoms with Gasteiger partial charge < -0.3 is 16.0 Å². The van der Waals surface area contributed by atoms with E-state index >= 15 is 0 Å². The lowest BCUT2D eigenvalue weighted by Gasteiger charge is -2.25. The van der Waals surface area contributed by atoms with Crippen LogP contribution >= 0.6 is 0 Å². The Kier molecular flexibility index (Phi) is 5.01. The minimum Gasteiger partial charge on any atom is -0.368 e. The average Bonchev–Trinajstić information content (AvgIpc) is 3.19. The van der Waals surface area contributed by atoms with Crippen LogP contribution < -0.4 is 16.0 Å². The van der Waals surface area contributed by atoms with Crippen molar-refractivity contribution < 1.29 is 4.79 Å². The van der Waals surface area contributed by atoms with E-state index in [0.717, 1.165) is 24.8 Å². The Morgan fingerprint density at radius 1 is 1.35 bits per heavy atom. The second kappa shape index (κ2) is 6.75. The number of rotatable bonds is 8. The SMILES string of the molecule is CC(C)CN(CC(N)=O)c1ccc(CNC2CC2)cc1. The smallest absolute Gasteiger partial charge is 0.236 e. The molecule has 0 aliphatic heterocycles. The van der Waals surface area contributed by atoms with E-state index in [1.54, 1.807) is 0 Å². The van der Waals surface area contributed by atoms with Crippen LogP contribution in [0.3, 0.4) is 0 Å². The number of nitrogens with two attached hydrogens (primary N) is 1. The average molecular weight is 275 g/mol. The number of benzene rings is 1. The molecule has 1 amide bonds. The van der Waals surface area contributed by atoms with Crippen molar-refractivity contribution in [2.45, 2.75) is 39.3 Å². The fraction of sp³-hybridized carbons (Fsp3) is 0.562. The summed E-state index contributed by atoms with van der Waals surface area (Å²) in [5.41, 5.74) is 7.68. The van der Waals surface area contributed by atoms with Gasteiger partial charge in [0.2, 0.25) is 5.91 Å². The summed E-state index contributed by atoms with van der Waals surface area (Å²) in [6.07, 6.45) is 2.61. The van der Waals surface area contributed by atoms with E-state index in [0.29, 0.717) is 5.92 Å². The molecule has 1 aliphatic carbocycles. The van der Waals surface area contributed by atoms with Crippen molar-refractivity contribution >= 4 is 11.6 Å². The molecule has 0 bridgehead atoms. The molecule has 1 saturated carbocycles. The number of hydrogen-bond donors (Lipinski definition) is 2. The van der Waals surface area contributed by atoms with E-state index in [1.165, 1.54) is 18.4 Å². The molecule has 1 aromatic rings. The zero-order chi connectivity index (χ0) is 14.5. The van der Waals surface area contributed by atoms with Gasteiger partial charge >= 0.3 is 0 Å². The highest BCUT2D eigenvalue weighted by molar-refractivity contribution is 5.79. The molecule has 1 aromatic carbocycles. The van der Waals surface area contributed by atoms with Crippen LogP contribution in [0.4, 0.5) is 5.69 Å². The number of primary amides is 1. The van der Waals surface area contributed by atoms with E-state index < -0.39 is 0 Å². The van der Waals surface area contributed by atoms with E-state index in [4.69, 9.17) is 5.73 Å². The summed E-state index contributed by atoms with van der Waals surface area (Å²) in [4.78, 5) is 13.2. The summed E-state index contributed by atoms with van der Waals surface area (Å²) in [6.45, 7) is 6.31. The number of carbonyl (C=O) groups is 1. The van der Waals surface area contributed by atoms with Gasteiger partial charge in [-0.25, -0.2) is 0 Å². The summed E-state index contributed by atoms with van der Waals surface area (Å²) >= 11 is 0. The molecule has 1 fully saturated rings. The number of nitrogens with one attached hydrogen (secondary N) is 1. The van der Waals surface area contributed by atoms with Crippen molar-refractivity contribution in [2.24, 2.45) is 11.7 Å². The normalized spacial score (nSPS) is 14.6. The molecular weight excluding hydrogens is 250 g/mol. The van der Waals surface area contributed by atoms with E-state index in [9.17, 15) is 4.79 Å². The van der Waals surface area contributed by atoms with Crippen LogP contribution in [0.15, 0.2) is 24.3 Å². The summed E-state index contributed by atoms with van der Waals surface area (Å²) in [5, 5.41) is 3.50. The predicted molar refractivity (Wildman–Crippen MR) is 82.5 cm³/mol. The molecule has 1 aliphatic rings. The third kappa shape index (κ3) is 4.85. The molecule has 0 aromatic heterocycles. The third-order valence-corrected chi connectivity index (χ3v) is 3.41. The van der Waals surface area contributed by atoms with E-state index in [-0.39, 0.29) is 12.5 Å². The van der Waals surface area contributed by atoms with Gasteiger partial charge in [-0.1, -0.05) is 26.0 Å².